The van der Waals surface area contributed by atoms with E-state index < -0.39 is 11.6 Å². The Bertz CT molecular complexity index is 579. The Morgan fingerprint density at radius 3 is 2.50 bits per heavy atom. The number of guanidine groups is 1. The predicted octanol–water partition coefficient (Wildman–Crippen LogP) is 3.20. The second kappa shape index (κ2) is 5.86. The van der Waals surface area contributed by atoms with E-state index in [9.17, 15) is 8.78 Å². The lowest BCUT2D eigenvalue weighted by Gasteiger charge is -2.62. The van der Waals surface area contributed by atoms with Crippen molar-refractivity contribution in [2.75, 3.05) is 20.1 Å². The molecule has 1 N–H and O–H groups in total. The molecule has 0 atom stereocenters. The number of hydrogen-bond donors (Lipinski definition) is 1. The summed E-state index contributed by atoms with van der Waals surface area (Å²) < 4.78 is 26.8. The average Bonchev–Trinajstić information content (AvgIpc) is 2.46. The molecule has 0 saturated carbocycles. The lowest BCUT2D eigenvalue weighted by molar-refractivity contribution is -0.0666. The zero-order valence-corrected chi connectivity index (χ0v) is 14.0. The number of rotatable bonds is 3. The van der Waals surface area contributed by atoms with Crippen LogP contribution in [0.25, 0.3) is 0 Å². The molecular formula is C17H25F2N3. The van der Waals surface area contributed by atoms with Crippen LogP contribution in [0.3, 0.4) is 0 Å². The maximum atomic E-state index is 13.6. The van der Waals surface area contributed by atoms with Gasteiger partial charge in [0.1, 0.15) is 0 Å². The van der Waals surface area contributed by atoms with E-state index >= 15 is 0 Å². The van der Waals surface area contributed by atoms with Crippen molar-refractivity contribution in [1.29, 1.82) is 0 Å². The monoisotopic (exact) mass is 309 g/mol. The molecule has 0 amide bonds. The quantitative estimate of drug-likeness (QED) is 0.686. The minimum Gasteiger partial charge on any atom is -0.356 e. The van der Waals surface area contributed by atoms with E-state index in [2.05, 4.69) is 42.9 Å². The fourth-order valence-electron chi connectivity index (χ4n) is 2.75. The Morgan fingerprint density at radius 1 is 1.27 bits per heavy atom. The van der Waals surface area contributed by atoms with E-state index in [1.807, 2.05) is 0 Å². The average molecular weight is 309 g/mol. The van der Waals surface area contributed by atoms with Crippen molar-refractivity contribution in [2.24, 2.45) is 10.4 Å². The zero-order chi connectivity index (χ0) is 16.5. The molecule has 3 nitrogen and oxygen atoms in total. The number of benzene rings is 1. The largest absolute Gasteiger partial charge is 0.356 e. The molecule has 0 radical (unpaired) electrons. The van der Waals surface area contributed by atoms with E-state index in [0.29, 0.717) is 18.5 Å². The molecule has 5 heteroatoms. The molecule has 1 aliphatic heterocycles. The molecule has 122 valence electrons. The summed E-state index contributed by atoms with van der Waals surface area (Å²) in [6.45, 7) is 10.3. The van der Waals surface area contributed by atoms with Gasteiger partial charge < -0.3 is 10.2 Å². The lowest BCUT2D eigenvalue weighted by Crippen LogP contribution is -2.72. The molecule has 1 aromatic carbocycles. The van der Waals surface area contributed by atoms with Crippen molar-refractivity contribution in [3.63, 3.8) is 0 Å². The molecule has 1 aliphatic rings. The SMILES string of the molecule is CN=C(NCCc1cccc(F)c1F)N1CC(C)(C)C1(C)C. The van der Waals surface area contributed by atoms with Crippen LogP contribution in [-0.2, 0) is 6.42 Å². The van der Waals surface area contributed by atoms with Crippen molar-refractivity contribution < 1.29 is 8.78 Å². The smallest absolute Gasteiger partial charge is 0.194 e. The second-order valence-electron chi connectivity index (χ2n) is 6.97. The highest BCUT2D eigenvalue weighted by atomic mass is 19.2. The Labute approximate surface area is 131 Å². The first-order valence-electron chi connectivity index (χ1n) is 7.62. The summed E-state index contributed by atoms with van der Waals surface area (Å²) in [6.07, 6.45) is 0.417. The summed E-state index contributed by atoms with van der Waals surface area (Å²) in [7, 11) is 1.74. The molecule has 0 unspecified atom stereocenters. The summed E-state index contributed by atoms with van der Waals surface area (Å²) in [4.78, 5) is 6.52. The number of aliphatic imine (C=N–C) groups is 1. The third-order valence-corrected chi connectivity index (χ3v) is 5.06. The molecule has 1 fully saturated rings. The van der Waals surface area contributed by atoms with Gasteiger partial charge in [-0.05, 0) is 31.9 Å². The van der Waals surface area contributed by atoms with E-state index in [4.69, 9.17) is 0 Å². The van der Waals surface area contributed by atoms with Crippen LogP contribution < -0.4 is 5.32 Å². The van der Waals surface area contributed by atoms with E-state index in [1.165, 1.54) is 6.07 Å². The molecular weight excluding hydrogens is 284 g/mol. The van der Waals surface area contributed by atoms with Gasteiger partial charge in [-0.25, -0.2) is 8.78 Å². The molecule has 22 heavy (non-hydrogen) atoms. The molecule has 2 rings (SSSR count). The van der Waals surface area contributed by atoms with Gasteiger partial charge in [-0.3, -0.25) is 4.99 Å². The Balaban J connectivity index is 1.95. The van der Waals surface area contributed by atoms with Crippen LogP contribution >= 0.6 is 0 Å². The van der Waals surface area contributed by atoms with E-state index in [1.54, 1.807) is 13.1 Å². The topological polar surface area (TPSA) is 27.6 Å². The first-order chi connectivity index (χ1) is 10.2. The Kier molecular flexibility index (Phi) is 4.45. The van der Waals surface area contributed by atoms with Crippen LogP contribution in [0, 0.1) is 17.0 Å². The summed E-state index contributed by atoms with van der Waals surface area (Å²) in [5.41, 5.74) is 0.615. The summed E-state index contributed by atoms with van der Waals surface area (Å²) in [5, 5.41) is 3.25. The van der Waals surface area contributed by atoms with Crippen molar-refractivity contribution >= 4 is 5.96 Å². The van der Waals surface area contributed by atoms with Gasteiger partial charge in [0.25, 0.3) is 0 Å². The first-order valence-corrected chi connectivity index (χ1v) is 7.62. The molecule has 1 heterocycles. The number of nitrogens with zero attached hydrogens (tertiary/aromatic N) is 2. The van der Waals surface area contributed by atoms with Crippen molar-refractivity contribution in [2.45, 2.75) is 39.7 Å². The number of likely N-dealkylation sites (tertiary alicyclic amines) is 1. The summed E-state index contributed by atoms with van der Waals surface area (Å²) in [5.74, 6) is -0.752. The highest BCUT2D eigenvalue weighted by Gasteiger charge is 2.53. The molecule has 1 saturated heterocycles. The summed E-state index contributed by atoms with van der Waals surface area (Å²) >= 11 is 0. The van der Waals surface area contributed by atoms with E-state index in [0.717, 1.165) is 18.6 Å². The number of nitrogens with one attached hydrogen (secondary N) is 1. The van der Waals surface area contributed by atoms with Crippen LogP contribution in [0.1, 0.15) is 33.3 Å². The van der Waals surface area contributed by atoms with Gasteiger partial charge in [-0.1, -0.05) is 26.0 Å². The standard InChI is InChI=1S/C17H25F2N3/c1-16(2)11-22(17(16,3)4)15(20-5)21-10-9-12-7-6-8-13(18)14(12)19/h6-8H,9-11H2,1-5H3,(H,20,21). The highest BCUT2D eigenvalue weighted by molar-refractivity contribution is 5.82. The molecule has 0 aliphatic carbocycles. The van der Waals surface area contributed by atoms with Gasteiger partial charge in [0.05, 0.1) is 0 Å². The fourth-order valence-corrected chi connectivity index (χ4v) is 2.75. The molecule has 0 bridgehead atoms. The zero-order valence-electron chi connectivity index (χ0n) is 14.0. The Morgan fingerprint density at radius 2 is 1.95 bits per heavy atom. The number of halogens is 2. The highest BCUT2D eigenvalue weighted by Crippen LogP contribution is 2.46. The predicted molar refractivity (Wildman–Crippen MR) is 86.0 cm³/mol. The van der Waals surface area contributed by atoms with Crippen LogP contribution in [0.15, 0.2) is 23.2 Å². The molecule has 0 aromatic heterocycles. The molecule has 0 spiro atoms. The van der Waals surface area contributed by atoms with Crippen LogP contribution in [-0.4, -0.2) is 36.5 Å². The maximum Gasteiger partial charge on any atom is 0.194 e. The number of hydrogen-bond acceptors (Lipinski definition) is 1. The van der Waals surface area contributed by atoms with Crippen LogP contribution in [0.4, 0.5) is 8.78 Å². The maximum absolute atomic E-state index is 13.6. The summed E-state index contributed by atoms with van der Waals surface area (Å²) in [6, 6.07) is 4.28. The van der Waals surface area contributed by atoms with Crippen molar-refractivity contribution in [3.8, 4) is 0 Å². The van der Waals surface area contributed by atoms with Gasteiger partial charge in [-0.2, -0.15) is 0 Å². The van der Waals surface area contributed by atoms with Gasteiger partial charge in [0.2, 0.25) is 0 Å². The van der Waals surface area contributed by atoms with Crippen LogP contribution in [0.2, 0.25) is 0 Å². The van der Waals surface area contributed by atoms with E-state index in [-0.39, 0.29) is 11.0 Å². The minimum atomic E-state index is -0.799. The fraction of sp³-hybridized carbons (Fsp3) is 0.588. The van der Waals surface area contributed by atoms with Gasteiger partial charge in [0, 0.05) is 31.1 Å². The third kappa shape index (κ3) is 2.81. The first kappa shape index (κ1) is 16.7. The minimum absolute atomic E-state index is 0.0128. The van der Waals surface area contributed by atoms with Crippen molar-refractivity contribution in [3.05, 3.63) is 35.4 Å². The Hall–Kier alpha value is -1.65. The van der Waals surface area contributed by atoms with Gasteiger partial charge in [0.15, 0.2) is 17.6 Å². The normalized spacial score (nSPS) is 19.8. The lowest BCUT2D eigenvalue weighted by atomic mass is 9.65. The van der Waals surface area contributed by atoms with Crippen molar-refractivity contribution in [1.82, 2.24) is 10.2 Å². The van der Waals surface area contributed by atoms with Crippen LogP contribution in [0.5, 0.6) is 0 Å². The van der Waals surface area contributed by atoms with Gasteiger partial charge >= 0.3 is 0 Å². The molecule has 1 aromatic rings. The third-order valence-electron chi connectivity index (χ3n) is 5.06. The van der Waals surface area contributed by atoms with Gasteiger partial charge in [-0.15, -0.1) is 0 Å². The second-order valence-corrected chi connectivity index (χ2v) is 6.97.